The maximum atomic E-state index is 15.3. The number of likely N-dealkylation sites (tertiary alicyclic amines) is 1. The van der Waals surface area contributed by atoms with Crippen molar-refractivity contribution in [3.05, 3.63) is 119 Å². The lowest BCUT2D eigenvalue weighted by Crippen LogP contribution is -2.50. The summed E-state index contributed by atoms with van der Waals surface area (Å²) in [6.45, 7) is 9.88. The van der Waals surface area contributed by atoms with Crippen LogP contribution in [-0.2, 0) is 27.1 Å². The SMILES string of the molecule is CO[C@@H](C)COc1nc(N2C[C@@H]3C[C@H]2CN3)c2cc(C3CC3)c(-c3nc(N)cc(C)c3C(F)(F)F)c(OCc3ccc(-c4cn([C@H](C(=O)N5C[C@H](O)C[C@H]5C(=O)N[C@@H](CO)c5ccc(-c6cnccc6C)cc5)C(C)C)nn4)cc3)c2n1. The largest absolute Gasteiger partial charge is 0.486 e. The molecule has 4 aliphatic rings. The number of carbonyl (C=O) groups is 2. The Balaban J connectivity index is 0.873. The Labute approximate surface area is 472 Å². The summed E-state index contributed by atoms with van der Waals surface area (Å²) in [5.74, 6) is -0.728. The number of piperazine rings is 1. The van der Waals surface area contributed by atoms with Gasteiger partial charge in [0.1, 0.15) is 48.1 Å². The minimum atomic E-state index is -4.80. The van der Waals surface area contributed by atoms with Gasteiger partial charge < -0.3 is 50.6 Å². The van der Waals surface area contributed by atoms with E-state index in [1.165, 1.54) is 22.6 Å². The molecule has 2 amide bonds. The van der Waals surface area contributed by atoms with E-state index in [4.69, 9.17) is 29.9 Å². The van der Waals surface area contributed by atoms with Crippen molar-refractivity contribution in [3.63, 3.8) is 0 Å². The topological polar surface area (TPSA) is 241 Å². The van der Waals surface area contributed by atoms with Crippen molar-refractivity contribution in [3.8, 4) is 45.4 Å². The van der Waals surface area contributed by atoms with Gasteiger partial charge in [-0.2, -0.15) is 23.1 Å². The highest BCUT2D eigenvalue weighted by Gasteiger charge is 2.45. The normalized spacial score (nSPS) is 20.0. The molecule has 6 N–H and O–H groups in total. The first-order valence-electron chi connectivity index (χ1n) is 27.8. The van der Waals surface area contributed by atoms with Gasteiger partial charge in [0.05, 0.1) is 42.3 Å². The number of nitrogens with one attached hydrogen (secondary N) is 2. The number of nitrogens with zero attached hydrogens (tertiary/aromatic N) is 9. The van der Waals surface area contributed by atoms with E-state index in [2.05, 4.69) is 35.8 Å². The summed E-state index contributed by atoms with van der Waals surface area (Å²) in [5, 5.41) is 37.3. The van der Waals surface area contributed by atoms with Crippen LogP contribution in [0.25, 0.3) is 44.5 Å². The molecule has 0 unspecified atom stereocenters. The first-order chi connectivity index (χ1) is 39.4. The van der Waals surface area contributed by atoms with Crippen LogP contribution in [0, 0.1) is 19.8 Å². The van der Waals surface area contributed by atoms with Gasteiger partial charge in [0.15, 0.2) is 5.75 Å². The predicted octanol–water partition coefficient (Wildman–Crippen LogP) is 7.66. The molecule has 1 saturated carbocycles. The van der Waals surface area contributed by atoms with E-state index < -0.39 is 54.4 Å². The number of hydrogen-bond acceptors (Lipinski definition) is 16. The number of fused-ring (bicyclic) bond motifs is 3. The Bertz CT molecular complexity index is 3510. The van der Waals surface area contributed by atoms with Crippen LogP contribution in [-0.4, -0.2) is 132 Å². The van der Waals surface area contributed by atoms with Crippen molar-refractivity contribution in [2.75, 3.05) is 50.6 Å². The zero-order valence-corrected chi connectivity index (χ0v) is 46.5. The lowest BCUT2D eigenvalue weighted by atomic mass is 9.92. The molecule has 2 bridgehead atoms. The van der Waals surface area contributed by atoms with Gasteiger partial charge in [0.2, 0.25) is 11.8 Å². The molecule has 0 spiro atoms. The zero-order chi connectivity index (χ0) is 57.7. The van der Waals surface area contributed by atoms with Gasteiger partial charge in [-0.15, -0.1) is 5.10 Å². The molecule has 0 radical (unpaired) electrons. The summed E-state index contributed by atoms with van der Waals surface area (Å²) in [5.41, 5.74) is 11.4. The average Bonchev–Trinajstić information content (AvgIpc) is 3.88. The average molecular weight is 1130 g/mol. The molecule has 11 rings (SSSR count). The monoisotopic (exact) mass is 1120 g/mol. The third-order valence-electron chi connectivity index (χ3n) is 16.2. The van der Waals surface area contributed by atoms with Crippen molar-refractivity contribution in [2.24, 2.45) is 5.92 Å². The first-order valence-corrected chi connectivity index (χ1v) is 27.8. The Hall–Kier alpha value is -7.79. The summed E-state index contributed by atoms with van der Waals surface area (Å²) in [6.07, 6.45) is 1.50. The minimum absolute atomic E-state index is 0.00368. The molecule has 4 fully saturated rings. The molecular weight excluding hydrogens is 1060 g/mol. The van der Waals surface area contributed by atoms with E-state index in [1.54, 1.807) is 25.7 Å². The summed E-state index contributed by atoms with van der Waals surface area (Å²) >= 11 is 0. The number of carbonyl (C=O) groups excluding carboxylic acids is 2. The quantitative estimate of drug-likeness (QED) is 0.0522. The molecule has 1 aliphatic carbocycles. The first kappa shape index (κ1) is 56.1. The fourth-order valence-electron chi connectivity index (χ4n) is 11.7. The zero-order valence-electron chi connectivity index (χ0n) is 46.5. The number of β-amino-alcohol motifs (C(OH)–C–C–N with tert-alkyl or cyclic N) is 1. The second-order valence-electron chi connectivity index (χ2n) is 22.5. The second kappa shape index (κ2) is 22.9. The predicted molar refractivity (Wildman–Crippen MR) is 301 cm³/mol. The highest BCUT2D eigenvalue weighted by molar-refractivity contribution is 6.01. The van der Waals surface area contributed by atoms with Crippen LogP contribution in [0.15, 0.2) is 85.3 Å². The lowest BCUT2D eigenvalue weighted by molar-refractivity contribution is -0.142. The van der Waals surface area contributed by atoms with Crippen molar-refractivity contribution in [2.45, 2.75) is 121 Å². The Morgan fingerprint density at radius 2 is 1.70 bits per heavy atom. The molecule has 3 aromatic carbocycles. The molecule has 7 heterocycles. The van der Waals surface area contributed by atoms with Crippen molar-refractivity contribution < 1.29 is 47.2 Å². The third kappa shape index (κ3) is 11.3. The highest BCUT2D eigenvalue weighted by atomic mass is 19.4. The molecule has 3 saturated heterocycles. The van der Waals surface area contributed by atoms with Crippen LogP contribution >= 0.6 is 0 Å². The number of anilines is 2. The van der Waals surface area contributed by atoms with E-state index in [-0.39, 0.29) is 96.1 Å². The fourth-order valence-corrected chi connectivity index (χ4v) is 11.7. The molecule has 3 aliphatic heterocycles. The van der Waals surface area contributed by atoms with Gasteiger partial charge in [0, 0.05) is 79.7 Å². The van der Waals surface area contributed by atoms with Crippen molar-refractivity contribution in [1.82, 2.24) is 50.5 Å². The number of methoxy groups -OCH3 is 1. The van der Waals surface area contributed by atoms with Gasteiger partial charge in [-0.3, -0.25) is 14.6 Å². The number of aryl methyl sites for hydroxylation is 2. The number of rotatable bonds is 19. The van der Waals surface area contributed by atoms with E-state index in [0.717, 1.165) is 42.5 Å². The van der Waals surface area contributed by atoms with E-state index >= 15 is 13.2 Å². The van der Waals surface area contributed by atoms with Crippen LogP contribution < -0.4 is 30.7 Å². The number of aliphatic hydroxyl groups is 2. The number of pyridine rings is 2. The number of ether oxygens (including phenoxy) is 3. The lowest BCUT2D eigenvalue weighted by Gasteiger charge is -2.30. The number of hydrogen-bond donors (Lipinski definition) is 5. The van der Waals surface area contributed by atoms with Crippen molar-refractivity contribution in [1.29, 1.82) is 0 Å². The molecular formula is C60H67F3N12O7. The van der Waals surface area contributed by atoms with Gasteiger partial charge in [-0.25, -0.2) is 9.67 Å². The summed E-state index contributed by atoms with van der Waals surface area (Å²) in [7, 11) is 1.57. The second-order valence-corrected chi connectivity index (χ2v) is 22.5. The fraction of sp³-hybridized carbons (Fsp3) is 0.433. The van der Waals surface area contributed by atoms with Crippen LogP contribution in [0.3, 0.4) is 0 Å². The summed E-state index contributed by atoms with van der Waals surface area (Å²) in [6, 6.07) is 17.5. The number of amides is 2. The molecule has 22 heteroatoms. The molecule has 7 atom stereocenters. The summed E-state index contributed by atoms with van der Waals surface area (Å²) < 4.78 is 65.9. The number of aromatic nitrogens is 7. The van der Waals surface area contributed by atoms with Gasteiger partial charge in [-0.1, -0.05) is 67.6 Å². The maximum Gasteiger partial charge on any atom is 0.418 e. The van der Waals surface area contributed by atoms with Crippen LogP contribution in [0.5, 0.6) is 11.8 Å². The third-order valence-corrected chi connectivity index (χ3v) is 16.2. The Morgan fingerprint density at radius 3 is 2.35 bits per heavy atom. The standard InChI is InChI=1S/C60H67F3N12O7/c1-31(2)54(58(79)74-26-42(77)21-48(74)57(78)67-47(28-76)39-15-13-37(14-16-39)45-24-65-18-17-32(45)3)75-27-46(71-72-75)38-9-7-35(8-10-38)30-81-55-50(53-51(60(61,62)63)33(4)19-49(64)68-53)43(36-11-12-36)22-44-52(55)69-59(82-29-34(5)80-6)70-56(44)73-25-40-20-41(73)23-66-40/h7-10,13-19,22,24,27,31,34,36,40-42,47-48,54,66,76-77H,11-12,20-21,23,25-26,28-30H2,1-6H3,(H2,64,68)(H,67,78)/t34-,40-,41-,42+,47-,48-,54-/m0/s1. The highest BCUT2D eigenvalue weighted by Crippen LogP contribution is 2.54. The number of nitrogens with two attached hydrogens (primary N) is 1. The number of benzene rings is 3. The van der Waals surface area contributed by atoms with Crippen LogP contribution in [0.2, 0.25) is 0 Å². The smallest absolute Gasteiger partial charge is 0.418 e. The Kier molecular flexibility index (Phi) is 15.6. The summed E-state index contributed by atoms with van der Waals surface area (Å²) in [4.78, 5) is 50.8. The number of aliphatic hydroxyl groups excluding tert-OH is 2. The molecule has 7 aromatic rings. The molecule has 4 aromatic heterocycles. The number of halogens is 3. The minimum Gasteiger partial charge on any atom is -0.486 e. The van der Waals surface area contributed by atoms with E-state index in [1.807, 2.05) is 88.4 Å². The van der Waals surface area contributed by atoms with E-state index in [9.17, 15) is 19.8 Å². The van der Waals surface area contributed by atoms with Crippen molar-refractivity contribution >= 4 is 34.4 Å². The van der Waals surface area contributed by atoms with Gasteiger partial charge in [0.25, 0.3) is 0 Å². The number of alkyl halides is 3. The van der Waals surface area contributed by atoms with Gasteiger partial charge in [-0.05, 0) is 103 Å². The molecule has 19 nitrogen and oxygen atoms in total. The number of nitrogen functional groups attached to an aromatic ring is 1. The van der Waals surface area contributed by atoms with E-state index in [0.29, 0.717) is 45.7 Å². The molecule has 82 heavy (non-hydrogen) atoms. The van der Waals surface area contributed by atoms with Gasteiger partial charge >= 0.3 is 12.2 Å². The van der Waals surface area contributed by atoms with Crippen LogP contribution in [0.1, 0.15) is 97.8 Å². The molecule has 430 valence electrons. The Morgan fingerprint density at radius 1 is 0.939 bits per heavy atom. The maximum absolute atomic E-state index is 15.3. The van der Waals surface area contributed by atoms with Crippen LogP contribution in [0.4, 0.5) is 24.8 Å².